The molecular formula is C12H9F3N2O3. The van der Waals surface area contributed by atoms with Gasteiger partial charge in [-0.1, -0.05) is 0 Å². The maximum Gasteiger partial charge on any atom is 0.434 e. The van der Waals surface area contributed by atoms with Crippen LogP contribution in [0, 0.1) is 0 Å². The molecule has 2 rings (SSSR count). The first-order valence-electron chi connectivity index (χ1n) is 5.43. The zero-order valence-electron chi connectivity index (χ0n) is 10.2. The lowest BCUT2D eigenvalue weighted by Gasteiger charge is -2.10. The Morgan fingerprint density at radius 2 is 2.05 bits per heavy atom. The van der Waals surface area contributed by atoms with Crippen LogP contribution in [0.3, 0.4) is 0 Å². The normalized spacial score (nSPS) is 11.8. The molecule has 0 aliphatic heterocycles. The fourth-order valence-electron chi connectivity index (χ4n) is 1.70. The number of halogens is 3. The smallest absolute Gasteiger partial charge is 0.434 e. The lowest BCUT2D eigenvalue weighted by atomic mass is 10.1. The van der Waals surface area contributed by atoms with Crippen LogP contribution < -0.4 is 0 Å². The van der Waals surface area contributed by atoms with E-state index in [1.54, 1.807) is 0 Å². The number of carbonyl (C=O) groups is 1. The van der Waals surface area contributed by atoms with Gasteiger partial charge in [-0.25, -0.2) is 14.8 Å². The molecule has 0 fully saturated rings. The van der Waals surface area contributed by atoms with Crippen molar-refractivity contribution in [2.75, 3.05) is 7.11 Å². The predicted octanol–water partition coefficient (Wildman–Crippen LogP) is 2.49. The summed E-state index contributed by atoms with van der Waals surface area (Å²) in [5.41, 5.74) is -2.12. The number of hydrogen-bond donors (Lipinski definition) is 1. The Hall–Kier alpha value is -2.22. The maximum atomic E-state index is 12.8. The van der Waals surface area contributed by atoms with Crippen LogP contribution in [-0.4, -0.2) is 28.2 Å². The summed E-state index contributed by atoms with van der Waals surface area (Å²) in [5, 5.41) is 9.06. The van der Waals surface area contributed by atoms with Gasteiger partial charge in [0, 0.05) is 12.5 Å². The highest BCUT2D eigenvalue weighted by molar-refractivity contribution is 5.93. The summed E-state index contributed by atoms with van der Waals surface area (Å²) < 4.78 is 43.3. The van der Waals surface area contributed by atoms with E-state index < -0.39 is 23.4 Å². The van der Waals surface area contributed by atoms with Crippen molar-refractivity contribution in [2.45, 2.75) is 12.8 Å². The Labute approximate surface area is 111 Å². The first kappa shape index (κ1) is 14.2. The van der Waals surface area contributed by atoms with E-state index in [0.29, 0.717) is 5.69 Å². The molecule has 1 N–H and O–H groups in total. The number of aromatic carboxylic acids is 1. The topological polar surface area (TPSA) is 72.3 Å². The maximum absolute atomic E-state index is 12.8. The van der Waals surface area contributed by atoms with E-state index in [2.05, 4.69) is 9.97 Å². The molecule has 0 saturated heterocycles. The number of methoxy groups -OCH3 is 1. The van der Waals surface area contributed by atoms with Crippen LogP contribution in [0.15, 0.2) is 18.2 Å². The van der Waals surface area contributed by atoms with E-state index in [0.717, 1.165) is 6.07 Å². The summed E-state index contributed by atoms with van der Waals surface area (Å²) in [5.74, 6) is -1.69. The summed E-state index contributed by atoms with van der Waals surface area (Å²) in [6, 6.07) is 3.90. The molecule has 0 saturated carbocycles. The highest BCUT2D eigenvalue weighted by atomic mass is 19.4. The predicted molar refractivity (Wildman–Crippen MR) is 62.2 cm³/mol. The van der Waals surface area contributed by atoms with Gasteiger partial charge < -0.3 is 9.84 Å². The van der Waals surface area contributed by atoms with Gasteiger partial charge in [0.15, 0.2) is 11.3 Å². The lowest BCUT2D eigenvalue weighted by Crippen LogP contribution is -2.16. The standard InChI is InChI=1S/C12H9F3N2O3/c1-20-5-7-3-2-6-4-8(11(18)19)9(12(13,14)15)17-10(6)16-7/h2-4H,5H2,1H3,(H,18,19). The Bertz CT molecular complexity index is 671. The first-order valence-corrected chi connectivity index (χ1v) is 5.43. The van der Waals surface area contributed by atoms with Crippen LogP contribution in [0.4, 0.5) is 13.2 Å². The van der Waals surface area contributed by atoms with E-state index in [9.17, 15) is 18.0 Å². The number of fused-ring (bicyclic) bond motifs is 1. The van der Waals surface area contributed by atoms with Crippen LogP contribution >= 0.6 is 0 Å². The molecule has 0 aliphatic carbocycles. The van der Waals surface area contributed by atoms with E-state index in [1.165, 1.54) is 19.2 Å². The third kappa shape index (κ3) is 2.69. The fourth-order valence-corrected chi connectivity index (χ4v) is 1.70. The molecule has 2 aromatic heterocycles. The molecule has 0 aromatic carbocycles. The van der Waals surface area contributed by atoms with Crippen LogP contribution in [0.5, 0.6) is 0 Å². The zero-order chi connectivity index (χ0) is 14.9. The van der Waals surface area contributed by atoms with Crippen molar-refractivity contribution in [3.63, 3.8) is 0 Å². The molecule has 0 amide bonds. The second-order valence-electron chi connectivity index (χ2n) is 3.97. The number of hydrogen-bond acceptors (Lipinski definition) is 4. The molecular weight excluding hydrogens is 277 g/mol. The average Bonchev–Trinajstić information content (AvgIpc) is 2.36. The van der Waals surface area contributed by atoms with E-state index in [1.807, 2.05) is 0 Å². The molecule has 0 radical (unpaired) electrons. The van der Waals surface area contributed by atoms with Crippen LogP contribution in [0.25, 0.3) is 11.0 Å². The molecule has 0 unspecified atom stereocenters. The minimum absolute atomic E-state index is 0.125. The minimum atomic E-state index is -4.86. The van der Waals surface area contributed by atoms with Gasteiger partial charge in [0.25, 0.3) is 0 Å². The fraction of sp³-hybridized carbons (Fsp3) is 0.250. The van der Waals surface area contributed by atoms with Gasteiger partial charge in [-0.2, -0.15) is 13.2 Å². The number of alkyl halides is 3. The van der Waals surface area contributed by atoms with Gasteiger partial charge >= 0.3 is 12.1 Å². The summed E-state index contributed by atoms with van der Waals surface area (Å²) in [7, 11) is 1.42. The third-order valence-electron chi connectivity index (χ3n) is 2.53. The van der Waals surface area contributed by atoms with Crippen molar-refractivity contribution < 1.29 is 27.8 Å². The number of carboxylic acids is 1. The molecule has 2 heterocycles. The second-order valence-corrected chi connectivity index (χ2v) is 3.97. The van der Waals surface area contributed by atoms with E-state index >= 15 is 0 Å². The SMILES string of the molecule is COCc1ccc2cc(C(=O)O)c(C(F)(F)F)nc2n1. The zero-order valence-corrected chi connectivity index (χ0v) is 10.2. The molecule has 5 nitrogen and oxygen atoms in total. The first-order chi connectivity index (χ1) is 9.32. The Morgan fingerprint density at radius 1 is 1.35 bits per heavy atom. The Balaban J connectivity index is 2.69. The number of carboxylic acid groups (broad SMARTS) is 1. The Morgan fingerprint density at radius 3 is 2.60 bits per heavy atom. The molecule has 106 valence electrons. The summed E-state index contributed by atoms with van der Waals surface area (Å²) in [6.07, 6.45) is -4.86. The largest absolute Gasteiger partial charge is 0.478 e. The monoisotopic (exact) mass is 286 g/mol. The van der Waals surface area contributed by atoms with Crippen molar-refractivity contribution in [1.82, 2.24) is 9.97 Å². The number of nitrogens with zero attached hydrogens (tertiary/aromatic N) is 2. The highest BCUT2D eigenvalue weighted by Gasteiger charge is 2.38. The molecule has 2 aromatic rings. The van der Waals surface area contributed by atoms with E-state index in [4.69, 9.17) is 9.84 Å². The van der Waals surface area contributed by atoms with Gasteiger partial charge in [-0.05, 0) is 18.2 Å². The highest BCUT2D eigenvalue weighted by Crippen LogP contribution is 2.32. The average molecular weight is 286 g/mol. The van der Waals surface area contributed by atoms with Crippen LogP contribution in [-0.2, 0) is 17.5 Å². The van der Waals surface area contributed by atoms with Crippen molar-refractivity contribution in [2.24, 2.45) is 0 Å². The van der Waals surface area contributed by atoms with E-state index in [-0.39, 0.29) is 17.6 Å². The number of pyridine rings is 2. The van der Waals surface area contributed by atoms with Crippen molar-refractivity contribution in [3.05, 3.63) is 35.2 Å². The Kier molecular flexibility index (Phi) is 3.58. The molecule has 0 atom stereocenters. The molecule has 0 spiro atoms. The van der Waals surface area contributed by atoms with Crippen LogP contribution in [0.2, 0.25) is 0 Å². The summed E-state index contributed by atoms with van der Waals surface area (Å²) >= 11 is 0. The lowest BCUT2D eigenvalue weighted by molar-refractivity contribution is -0.141. The molecule has 0 bridgehead atoms. The summed E-state index contributed by atoms with van der Waals surface area (Å²) in [4.78, 5) is 18.1. The van der Waals surface area contributed by atoms with Gasteiger partial charge in [-0.3, -0.25) is 0 Å². The summed E-state index contributed by atoms with van der Waals surface area (Å²) in [6.45, 7) is 0.125. The minimum Gasteiger partial charge on any atom is -0.478 e. The van der Waals surface area contributed by atoms with Gasteiger partial charge in [0.2, 0.25) is 0 Å². The van der Waals surface area contributed by atoms with Crippen molar-refractivity contribution >= 4 is 17.0 Å². The second kappa shape index (κ2) is 5.04. The van der Waals surface area contributed by atoms with Gasteiger partial charge in [-0.15, -0.1) is 0 Å². The molecule has 0 aliphatic rings. The molecule has 20 heavy (non-hydrogen) atoms. The quantitative estimate of drug-likeness (QED) is 0.938. The van der Waals surface area contributed by atoms with Crippen molar-refractivity contribution in [1.29, 1.82) is 0 Å². The van der Waals surface area contributed by atoms with Crippen LogP contribution in [0.1, 0.15) is 21.7 Å². The number of rotatable bonds is 3. The third-order valence-corrected chi connectivity index (χ3v) is 2.53. The van der Waals surface area contributed by atoms with Gasteiger partial charge in [0.1, 0.15) is 0 Å². The number of aromatic nitrogens is 2. The molecule has 8 heteroatoms. The van der Waals surface area contributed by atoms with Gasteiger partial charge in [0.05, 0.1) is 17.9 Å². The number of ether oxygens (including phenoxy) is 1. The van der Waals surface area contributed by atoms with Crippen molar-refractivity contribution in [3.8, 4) is 0 Å².